The fourth-order valence-electron chi connectivity index (χ4n) is 4.56. The Hall–Kier alpha value is -2.26. The van der Waals surface area contributed by atoms with Gasteiger partial charge in [0.1, 0.15) is 22.0 Å². The van der Waals surface area contributed by atoms with Gasteiger partial charge in [-0.05, 0) is 30.5 Å². The average Bonchev–Trinajstić information content (AvgIpc) is 2.98. The van der Waals surface area contributed by atoms with Gasteiger partial charge in [0.2, 0.25) is 0 Å². The van der Waals surface area contributed by atoms with Crippen LogP contribution in [0.4, 0.5) is 0 Å². The van der Waals surface area contributed by atoms with Gasteiger partial charge in [0, 0.05) is 19.5 Å². The summed E-state index contributed by atoms with van der Waals surface area (Å²) in [6, 6.07) is 30.7. The van der Waals surface area contributed by atoms with Gasteiger partial charge in [-0.1, -0.05) is 115 Å². The Labute approximate surface area is 242 Å². The van der Waals surface area contributed by atoms with Crippen molar-refractivity contribution in [1.29, 1.82) is 0 Å². The molecule has 0 saturated carbocycles. The topological polar surface area (TPSA) is 40.2 Å². The number of hydrogen-bond donors (Lipinski definition) is 0. The minimum Gasteiger partial charge on any atom is -0.374 e. The van der Waals surface area contributed by atoms with Gasteiger partial charge in [0.15, 0.2) is 0 Å². The highest BCUT2D eigenvalue weighted by atomic mass is 32.2. The predicted octanol–water partition coefficient (Wildman–Crippen LogP) is 6.85. The molecule has 0 amide bonds. The van der Waals surface area contributed by atoms with E-state index in [-0.39, 0.29) is 23.7 Å². The first kappa shape index (κ1) is 29.7. The van der Waals surface area contributed by atoms with Crippen molar-refractivity contribution in [3.63, 3.8) is 0 Å². The zero-order valence-corrected chi connectivity index (χ0v) is 24.4. The standard InChI is InChI=1S/C32H39NO4S2/c1-3-33(4-2)32(38)39-30-20-28(35-22-26-16-10-6-11-17-26)31(36-23-27-18-12-7-13-19-27)29(37-30)24-34-21-25-14-8-5-9-15-25/h5-19,28-31H,3-4,20-24H2,1-2H3/t28-,29-,30?,31-/m1/s1. The average molecular weight is 566 g/mol. The second-order valence-electron chi connectivity index (χ2n) is 9.49. The maximum Gasteiger partial charge on any atom is 0.138 e. The Balaban J connectivity index is 1.51. The van der Waals surface area contributed by atoms with Gasteiger partial charge in [0.05, 0.1) is 32.5 Å². The third-order valence-corrected chi connectivity index (χ3v) is 8.30. The highest BCUT2D eigenvalue weighted by Crippen LogP contribution is 2.34. The van der Waals surface area contributed by atoms with E-state index in [1.165, 1.54) is 0 Å². The Bertz CT molecular complexity index is 1100. The molecule has 1 aliphatic rings. The molecule has 1 aliphatic heterocycles. The van der Waals surface area contributed by atoms with Crippen LogP contribution in [0, 0.1) is 0 Å². The highest BCUT2D eigenvalue weighted by Gasteiger charge is 2.41. The summed E-state index contributed by atoms with van der Waals surface area (Å²) in [5, 5.41) is 0. The van der Waals surface area contributed by atoms with Crippen LogP contribution in [0.3, 0.4) is 0 Å². The van der Waals surface area contributed by atoms with E-state index in [0.717, 1.165) is 34.1 Å². The zero-order valence-electron chi connectivity index (χ0n) is 22.8. The third kappa shape index (κ3) is 9.41. The van der Waals surface area contributed by atoms with Crippen molar-refractivity contribution in [2.75, 3.05) is 19.7 Å². The number of thiocarbonyl (C=S) groups is 1. The molecular weight excluding hydrogens is 526 g/mol. The molecule has 3 aromatic rings. The lowest BCUT2D eigenvalue weighted by atomic mass is 10.0. The molecule has 0 radical (unpaired) electrons. The summed E-state index contributed by atoms with van der Waals surface area (Å²) < 4.78 is 26.8. The van der Waals surface area contributed by atoms with Crippen LogP contribution in [0.25, 0.3) is 0 Å². The molecule has 1 unspecified atom stereocenters. The maximum absolute atomic E-state index is 6.64. The van der Waals surface area contributed by atoms with E-state index in [9.17, 15) is 0 Å². The van der Waals surface area contributed by atoms with E-state index in [1.54, 1.807) is 11.8 Å². The summed E-state index contributed by atoms with van der Waals surface area (Å²) in [6.07, 6.45) is -0.0920. The van der Waals surface area contributed by atoms with Crippen LogP contribution < -0.4 is 0 Å². The van der Waals surface area contributed by atoms with Gasteiger partial charge >= 0.3 is 0 Å². The molecule has 39 heavy (non-hydrogen) atoms. The Morgan fingerprint density at radius 1 is 0.795 bits per heavy atom. The largest absolute Gasteiger partial charge is 0.374 e. The van der Waals surface area contributed by atoms with Gasteiger partial charge in [-0.2, -0.15) is 0 Å². The molecule has 0 N–H and O–H groups in total. The molecule has 208 valence electrons. The van der Waals surface area contributed by atoms with Gasteiger partial charge in [-0.25, -0.2) is 0 Å². The number of rotatable bonds is 13. The summed E-state index contributed by atoms with van der Waals surface area (Å²) in [5.74, 6) is 0. The molecule has 3 aromatic carbocycles. The number of hydrogen-bond acceptors (Lipinski definition) is 6. The molecule has 1 saturated heterocycles. The van der Waals surface area contributed by atoms with Crippen LogP contribution >= 0.6 is 24.0 Å². The molecule has 0 aliphatic carbocycles. The Morgan fingerprint density at radius 2 is 1.31 bits per heavy atom. The quantitative estimate of drug-likeness (QED) is 0.210. The van der Waals surface area contributed by atoms with Crippen LogP contribution in [0.5, 0.6) is 0 Å². The second kappa shape index (κ2) is 16.1. The summed E-state index contributed by atoms with van der Waals surface area (Å²) in [4.78, 5) is 2.18. The van der Waals surface area contributed by atoms with Crippen molar-refractivity contribution in [1.82, 2.24) is 4.90 Å². The monoisotopic (exact) mass is 565 g/mol. The number of ether oxygens (including phenoxy) is 4. The first-order chi connectivity index (χ1) is 19.2. The first-order valence-corrected chi connectivity index (χ1v) is 15.0. The smallest absolute Gasteiger partial charge is 0.138 e. The first-order valence-electron chi connectivity index (χ1n) is 13.7. The minimum absolute atomic E-state index is 0.152. The predicted molar refractivity (Wildman–Crippen MR) is 163 cm³/mol. The van der Waals surface area contributed by atoms with E-state index >= 15 is 0 Å². The molecule has 0 spiro atoms. The maximum atomic E-state index is 6.64. The van der Waals surface area contributed by atoms with Gasteiger partial charge in [0.25, 0.3) is 0 Å². The van der Waals surface area contributed by atoms with Gasteiger partial charge in [-0.15, -0.1) is 0 Å². The van der Waals surface area contributed by atoms with E-state index in [4.69, 9.17) is 31.2 Å². The Kier molecular flexibility index (Phi) is 12.3. The lowest BCUT2D eigenvalue weighted by Crippen LogP contribution is -2.52. The lowest BCUT2D eigenvalue weighted by Gasteiger charge is -2.41. The van der Waals surface area contributed by atoms with Crippen molar-refractivity contribution in [2.45, 2.75) is 63.8 Å². The molecular formula is C32H39NO4S2. The van der Waals surface area contributed by atoms with Crippen molar-refractivity contribution in [2.24, 2.45) is 0 Å². The number of benzene rings is 3. The van der Waals surface area contributed by atoms with E-state index in [0.29, 0.717) is 32.8 Å². The fourth-order valence-corrected chi connectivity index (χ4v) is 6.26. The molecule has 5 nitrogen and oxygen atoms in total. The normalized spacial score (nSPS) is 21.0. The highest BCUT2D eigenvalue weighted by molar-refractivity contribution is 8.23. The SMILES string of the molecule is CCN(CC)C(=S)SC1C[C@@H](OCc2ccccc2)[C@@H](OCc2ccccc2)[C@@H](COCc2ccccc2)O1. The van der Waals surface area contributed by atoms with E-state index in [2.05, 4.69) is 55.1 Å². The van der Waals surface area contributed by atoms with Crippen LogP contribution in [0.15, 0.2) is 91.0 Å². The van der Waals surface area contributed by atoms with E-state index in [1.807, 2.05) is 54.6 Å². The summed E-state index contributed by atoms with van der Waals surface area (Å²) >= 11 is 7.37. The summed E-state index contributed by atoms with van der Waals surface area (Å²) in [6.45, 7) is 7.88. The molecule has 0 aromatic heterocycles. The second-order valence-corrected chi connectivity index (χ2v) is 11.3. The molecule has 0 bridgehead atoms. The summed E-state index contributed by atoms with van der Waals surface area (Å²) in [5.41, 5.74) is 3.22. The van der Waals surface area contributed by atoms with Crippen molar-refractivity contribution in [3.05, 3.63) is 108 Å². The summed E-state index contributed by atoms with van der Waals surface area (Å²) in [7, 11) is 0. The third-order valence-electron chi connectivity index (χ3n) is 6.72. The molecule has 4 rings (SSSR count). The molecule has 1 heterocycles. The van der Waals surface area contributed by atoms with Crippen LogP contribution in [-0.2, 0) is 38.8 Å². The van der Waals surface area contributed by atoms with E-state index < -0.39 is 0 Å². The van der Waals surface area contributed by atoms with Crippen molar-refractivity contribution < 1.29 is 18.9 Å². The number of nitrogens with zero attached hydrogens (tertiary/aromatic N) is 1. The molecule has 1 fully saturated rings. The van der Waals surface area contributed by atoms with Crippen LogP contribution in [-0.4, -0.2) is 52.7 Å². The fraction of sp³-hybridized carbons (Fsp3) is 0.406. The lowest BCUT2D eigenvalue weighted by molar-refractivity contribution is -0.204. The van der Waals surface area contributed by atoms with Crippen molar-refractivity contribution >= 4 is 28.3 Å². The van der Waals surface area contributed by atoms with Crippen molar-refractivity contribution in [3.8, 4) is 0 Å². The minimum atomic E-state index is -0.302. The Morgan fingerprint density at radius 3 is 1.85 bits per heavy atom. The van der Waals surface area contributed by atoms with Crippen LogP contribution in [0.1, 0.15) is 37.0 Å². The molecule has 7 heteroatoms. The van der Waals surface area contributed by atoms with Gasteiger partial charge < -0.3 is 23.8 Å². The number of thioether (sulfide) groups is 1. The zero-order chi connectivity index (χ0) is 27.3. The van der Waals surface area contributed by atoms with Crippen LogP contribution in [0.2, 0.25) is 0 Å². The van der Waals surface area contributed by atoms with Gasteiger partial charge in [-0.3, -0.25) is 0 Å². The molecule has 4 atom stereocenters.